The van der Waals surface area contributed by atoms with Crippen molar-refractivity contribution in [1.29, 1.82) is 0 Å². The Balaban J connectivity index is 1.88. The number of nitrogens with one attached hydrogen (secondary N) is 1. The molecular formula is C16H14IN3O. The first-order chi connectivity index (χ1) is 10.3. The molecule has 1 aromatic heterocycles. The van der Waals surface area contributed by atoms with Crippen molar-refractivity contribution in [3.8, 4) is 5.75 Å². The van der Waals surface area contributed by atoms with Gasteiger partial charge in [0, 0.05) is 14.5 Å². The summed E-state index contributed by atoms with van der Waals surface area (Å²) in [6.07, 6.45) is 0. The fraction of sp³-hybridized carbons (Fsp3) is 0.0625. The van der Waals surface area contributed by atoms with Gasteiger partial charge in [-0.05, 0) is 52.9 Å². The number of benzene rings is 2. The number of para-hydroxylation sites is 1. The Bertz CT molecular complexity index is 776. The summed E-state index contributed by atoms with van der Waals surface area (Å²) in [6, 6.07) is 17.9. The Morgan fingerprint density at radius 1 is 1.10 bits per heavy atom. The van der Waals surface area contributed by atoms with Crippen LogP contribution in [-0.4, -0.2) is 4.98 Å². The van der Waals surface area contributed by atoms with Crippen molar-refractivity contribution >= 4 is 39.3 Å². The van der Waals surface area contributed by atoms with Gasteiger partial charge in [-0.25, -0.2) is 10.8 Å². The molecule has 0 saturated carbocycles. The zero-order chi connectivity index (χ0) is 14.7. The molecule has 3 aromatic rings. The number of rotatable bonds is 4. The van der Waals surface area contributed by atoms with Gasteiger partial charge in [-0.15, -0.1) is 0 Å². The van der Waals surface area contributed by atoms with Crippen LogP contribution in [0, 0.1) is 3.57 Å². The van der Waals surface area contributed by atoms with E-state index in [1.54, 1.807) is 0 Å². The van der Waals surface area contributed by atoms with E-state index in [2.05, 4.69) is 33.0 Å². The predicted molar refractivity (Wildman–Crippen MR) is 93.0 cm³/mol. The largest absolute Gasteiger partial charge is 0.489 e. The molecule has 0 amide bonds. The number of anilines is 1. The third-order valence-corrected chi connectivity index (χ3v) is 3.80. The van der Waals surface area contributed by atoms with Crippen LogP contribution >= 0.6 is 22.6 Å². The van der Waals surface area contributed by atoms with Crippen LogP contribution in [0.5, 0.6) is 5.75 Å². The minimum atomic E-state index is 0.414. The lowest BCUT2D eigenvalue weighted by Gasteiger charge is -2.11. The van der Waals surface area contributed by atoms with Crippen LogP contribution in [0.2, 0.25) is 0 Å². The molecule has 0 saturated heterocycles. The number of hydrogen-bond donors (Lipinski definition) is 2. The summed E-state index contributed by atoms with van der Waals surface area (Å²) in [4.78, 5) is 4.51. The highest BCUT2D eigenvalue weighted by Crippen LogP contribution is 2.22. The molecule has 1 heterocycles. The third kappa shape index (κ3) is 3.25. The number of pyridine rings is 1. The minimum absolute atomic E-state index is 0.414. The van der Waals surface area contributed by atoms with Crippen LogP contribution in [0.15, 0.2) is 54.6 Å². The molecule has 0 spiro atoms. The summed E-state index contributed by atoms with van der Waals surface area (Å²) in [7, 11) is 0. The van der Waals surface area contributed by atoms with Crippen LogP contribution in [0.4, 0.5) is 5.82 Å². The number of fused-ring (bicyclic) bond motifs is 1. The van der Waals surface area contributed by atoms with Gasteiger partial charge in [0.25, 0.3) is 0 Å². The van der Waals surface area contributed by atoms with Crippen molar-refractivity contribution in [3.05, 3.63) is 63.7 Å². The molecule has 2 aromatic carbocycles. The number of nitrogens with zero attached hydrogens (tertiary/aromatic N) is 1. The Kier molecular flexibility index (Phi) is 4.21. The molecule has 0 atom stereocenters. The number of nitrogen functional groups attached to an aromatic ring is 1. The first-order valence-electron chi connectivity index (χ1n) is 6.50. The van der Waals surface area contributed by atoms with E-state index in [1.165, 1.54) is 0 Å². The maximum atomic E-state index is 5.82. The Morgan fingerprint density at radius 2 is 1.95 bits per heavy atom. The first kappa shape index (κ1) is 14.1. The zero-order valence-corrected chi connectivity index (χ0v) is 13.4. The quantitative estimate of drug-likeness (QED) is 0.405. The van der Waals surface area contributed by atoms with Crippen molar-refractivity contribution in [2.75, 3.05) is 5.43 Å². The van der Waals surface area contributed by atoms with Gasteiger partial charge < -0.3 is 10.2 Å². The van der Waals surface area contributed by atoms with Crippen molar-refractivity contribution in [1.82, 2.24) is 4.98 Å². The van der Waals surface area contributed by atoms with E-state index in [4.69, 9.17) is 10.6 Å². The number of aromatic nitrogens is 1. The number of halogens is 1. The van der Waals surface area contributed by atoms with Crippen molar-refractivity contribution in [3.63, 3.8) is 0 Å². The van der Waals surface area contributed by atoms with E-state index in [-0.39, 0.29) is 0 Å². The predicted octanol–water partition coefficient (Wildman–Crippen LogP) is 3.70. The standard InChI is InChI=1S/C16H14IN3O/c17-13-5-3-6-14(9-13)21-10-12-8-11-4-1-2-7-15(11)19-16(12)20-18/h1-9H,10,18H2,(H,19,20). The molecule has 4 nitrogen and oxygen atoms in total. The maximum absolute atomic E-state index is 5.82. The fourth-order valence-electron chi connectivity index (χ4n) is 2.11. The normalized spacial score (nSPS) is 10.6. The Hall–Kier alpha value is -1.86. The van der Waals surface area contributed by atoms with Gasteiger partial charge in [0.1, 0.15) is 18.2 Å². The molecule has 106 valence electrons. The van der Waals surface area contributed by atoms with E-state index in [1.807, 2.05) is 54.6 Å². The van der Waals surface area contributed by atoms with Gasteiger partial charge in [0.05, 0.1) is 5.52 Å². The number of hydrogen-bond acceptors (Lipinski definition) is 4. The van der Waals surface area contributed by atoms with Gasteiger partial charge in [0.2, 0.25) is 0 Å². The smallest absolute Gasteiger partial charge is 0.147 e. The lowest BCUT2D eigenvalue weighted by Crippen LogP contribution is -2.12. The number of hydrazine groups is 1. The van der Waals surface area contributed by atoms with Crippen molar-refractivity contribution in [2.24, 2.45) is 5.84 Å². The van der Waals surface area contributed by atoms with E-state index in [0.29, 0.717) is 12.4 Å². The second-order valence-corrected chi connectivity index (χ2v) is 5.82. The molecule has 0 aliphatic carbocycles. The Morgan fingerprint density at radius 3 is 2.76 bits per heavy atom. The lowest BCUT2D eigenvalue weighted by atomic mass is 10.1. The zero-order valence-electron chi connectivity index (χ0n) is 11.2. The average molecular weight is 391 g/mol. The summed E-state index contributed by atoms with van der Waals surface area (Å²) >= 11 is 2.26. The summed E-state index contributed by atoms with van der Waals surface area (Å²) < 4.78 is 6.96. The molecule has 0 aliphatic rings. The molecule has 3 rings (SSSR count). The van der Waals surface area contributed by atoms with Crippen LogP contribution in [0.25, 0.3) is 10.9 Å². The third-order valence-electron chi connectivity index (χ3n) is 3.13. The van der Waals surface area contributed by atoms with Crippen LogP contribution in [-0.2, 0) is 6.61 Å². The number of nitrogens with two attached hydrogens (primary N) is 1. The summed E-state index contributed by atoms with van der Waals surface area (Å²) in [5, 5.41) is 1.07. The van der Waals surface area contributed by atoms with Crippen molar-refractivity contribution < 1.29 is 4.74 Å². The topological polar surface area (TPSA) is 60.2 Å². The van der Waals surface area contributed by atoms with Gasteiger partial charge in [-0.3, -0.25) is 0 Å². The summed E-state index contributed by atoms with van der Waals surface area (Å²) in [5.41, 5.74) is 4.47. The van der Waals surface area contributed by atoms with Crippen LogP contribution in [0.1, 0.15) is 5.56 Å². The molecule has 3 N–H and O–H groups in total. The number of ether oxygens (including phenoxy) is 1. The molecule has 0 bridgehead atoms. The maximum Gasteiger partial charge on any atom is 0.147 e. The van der Waals surface area contributed by atoms with E-state index in [0.717, 1.165) is 25.8 Å². The molecule has 21 heavy (non-hydrogen) atoms. The second-order valence-electron chi connectivity index (χ2n) is 4.58. The highest BCUT2D eigenvalue weighted by Gasteiger charge is 2.07. The van der Waals surface area contributed by atoms with E-state index >= 15 is 0 Å². The SMILES string of the molecule is NNc1nc2ccccc2cc1COc1cccc(I)c1. The van der Waals surface area contributed by atoms with Gasteiger partial charge in [-0.2, -0.15) is 0 Å². The minimum Gasteiger partial charge on any atom is -0.489 e. The highest BCUT2D eigenvalue weighted by atomic mass is 127. The fourth-order valence-corrected chi connectivity index (χ4v) is 2.63. The van der Waals surface area contributed by atoms with Gasteiger partial charge >= 0.3 is 0 Å². The summed E-state index contributed by atoms with van der Waals surface area (Å²) in [5.74, 6) is 7.04. The Labute approximate surface area is 136 Å². The molecule has 0 unspecified atom stereocenters. The van der Waals surface area contributed by atoms with E-state index in [9.17, 15) is 0 Å². The second kappa shape index (κ2) is 6.28. The van der Waals surface area contributed by atoms with Gasteiger partial charge in [-0.1, -0.05) is 24.3 Å². The molecule has 0 aliphatic heterocycles. The molecule has 5 heteroatoms. The molecule has 0 radical (unpaired) electrons. The highest BCUT2D eigenvalue weighted by molar-refractivity contribution is 14.1. The van der Waals surface area contributed by atoms with Crippen LogP contribution < -0.4 is 16.0 Å². The monoisotopic (exact) mass is 391 g/mol. The average Bonchev–Trinajstić information content (AvgIpc) is 2.52. The lowest BCUT2D eigenvalue weighted by molar-refractivity contribution is 0.306. The molecule has 0 fully saturated rings. The van der Waals surface area contributed by atoms with Gasteiger partial charge in [0.15, 0.2) is 0 Å². The van der Waals surface area contributed by atoms with E-state index < -0.39 is 0 Å². The summed E-state index contributed by atoms with van der Waals surface area (Å²) in [6.45, 7) is 0.414. The molecular weight excluding hydrogens is 377 g/mol. The first-order valence-corrected chi connectivity index (χ1v) is 7.58. The van der Waals surface area contributed by atoms with Crippen LogP contribution in [0.3, 0.4) is 0 Å². The van der Waals surface area contributed by atoms with Crippen molar-refractivity contribution in [2.45, 2.75) is 6.61 Å².